The highest BCUT2D eigenvalue weighted by atomic mass is 15.2. The van der Waals surface area contributed by atoms with Crippen molar-refractivity contribution >= 4 is 0 Å². The molecule has 0 radical (unpaired) electrons. The molecule has 0 amide bonds. The van der Waals surface area contributed by atoms with E-state index in [0.29, 0.717) is 0 Å². The average molecular weight is 225 g/mol. The zero-order valence-corrected chi connectivity index (χ0v) is 11.1. The van der Waals surface area contributed by atoms with Gasteiger partial charge in [-0.3, -0.25) is 4.90 Å². The molecule has 2 fully saturated rings. The molecule has 1 aliphatic heterocycles. The molecular weight excluding hydrogens is 198 g/mol. The van der Waals surface area contributed by atoms with Gasteiger partial charge in [-0.15, -0.1) is 0 Å². The van der Waals surface area contributed by atoms with E-state index in [9.17, 15) is 0 Å². The van der Waals surface area contributed by atoms with Gasteiger partial charge in [-0.2, -0.15) is 0 Å². The van der Waals surface area contributed by atoms with Crippen LogP contribution in [0.3, 0.4) is 0 Å². The van der Waals surface area contributed by atoms with E-state index in [1.807, 2.05) is 0 Å². The molecule has 1 heterocycles. The molecule has 0 aromatic heterocycles. The largest absolute Gasteiger partial charge is 0.324 e. The Morgan fingerprint density at radius 2 is 2.00 bits per heavy atom. The Morgan fingerprint density at radius 1 is 1.31 bits per heavy atom. The van der Waals surface area contributed by atoms with Crippen molar-refractivity contribution < 1.29 is 0 Å². The third-order valence-electron chi connectivity index (χ3n) is 4.13. The van der Waals surface area contributed by atoms with E-state index < -0.39 is 0 Å². The van der Waals surface area contributed by atoms with Crippen molar-refractivity contribution in [1.29, 1.82) is 0 Å². The van der Waals surface area contributed by atoms with Crippen LogP contribution in [0.2, 0.25) is 0 Å². The van der Waals surface area contributed by atoms with Crippen molar-refractivity contribution in [1.82, 2.24) is 9.80 Å². The van der Waals surface area contributed by atoms with Crippen LogP contribution in [0, 0.1) is 5.92 Å². The van der Waals surface area contributed by atoms with Gasteiger partial charge in [-0.25, -0.2) is 0 Å². The first-order chi connectivity index (χ1) is 7.49. The van der Waals surface area contributed by atoms with Gasteiger partial charge < -0.3 is 10.6 Å². The van der Waals surface area contributed by atoms with E-state index in [1.165, 1.54) is 38.8 Å². The molecule has 0 spiro atoms. The van der Waals surface area contributed by atoms with Crippen LogP contribution in [0.15, 0.2) is 0 Å². The van der Waals surface area contributed by atoms with Gasteiger partial charge in [0.2, 0.25) is 0 Å². The van der Waals surface area contributed by atoms with Gasteiger partial charge in [0.05, 0.1) is 0 Å². The third kappa shape index (κ3) is 2.96. The lowest BCUT2D eigenvalue weighted by Crippen LogP contribution is -2.52. The monoisotopic (exact) mass is 225 g/mol. The van der Waals surface area contributed by atoms with E-state index in [2.05, 4.69) is 30.8 Å². The number of hydrogen-bond donors (Lipinski definition) is 1. The van der Waals surface area contributed by atoms with Crippen LogP contribution in [-0.2, 0) is 0 Å². The molecule has 2 rings (SSSR count). The second-order valence-corrected chi connectivity index (χ2v) is 6.31. The maximum absolute atomic E-state index is 6.44. The predicted octanol–water partition coefficient (Wildman–Crippen LogP) is 1.14. The normalized spacial score (nSPS) is 30.9. The molecule has 2 unspecified atom stereocenters. The standard InChI is InChI=1S/C13H27N3/c1-13(14,11-6-7-11)10-16-8-4-5-12(16)9-15(2)3/h11-12H,4-10,14H2,1-3H3. The number of nitrogens with two attached hydrogens (primary N) is 1. The van der Waals surface area contributed by atoms with E-state index in [-0.39, 0.29) is 5.54 Å². The first kappa shape index (κ1) is 12.3. The van der Waals surface area contributed by atoms with Crippen molar-refractivity contribution in [3.05, 3.63) is 0 Å². The van der Waals surface area contributed by atoms with E-state index in [1.54, 1.807) is 0 Å². The van der Waals surface area contributed by atoms with Gasteiger partial charge in [0.1, 0.15) is 0 Å². The second-order valence-electron chi connectivity index (χ2n) is 6.31. The summed E-state index contributed by atoms with van der Waals surface area (Å²) < 4.78 is 0. The minimum atomic E-state index is 0.0505. The van der Waals surface area contributed by atoms with Gasteiger partial charge >= 0.3 is 0 Å². The summed E-state index contributed by atoms with van der Waals surface area (Å²) in [7, 11) is 4.33. The van der Waals surface area contributed by atoms with Gasteiger partial charge in [0, 0.05) is 24.7 Å². The lowest BCUT2D eigenvalue weighted by molar-refractivity contribution is 0.163. The number of likely N-dealkylation sites (N-methyl/N-ethyl adjacent to an activating group) is 1. The van der Waals surface area contributed by atoms with Gasteiger partial charge in [-0.1, -0.05) is 0 Å². The first-order valence-electron chi connectivity index (χ1n) is 6.67. The van der Waals surface area contributed by atoms with Crippen LogP contribution >= 0.6 is 0 Å². The average Bonchev–Trinajstić information content (AvgIpc) is 2.92. The molecule has 0 bridgehead atoms. The molecule has 2 aliphatic rings. The highest BCUT2D eigenvalue weighted by Gasteiger charge is 2.41. The van der Waals surface area contributed by atoms with Crippen LogP contribution in [0.5, 0.6) is 0 Å². The number of nitrogens with zero attached hydrogens (tertiary/aromatic N) is 2. The van der Waals surface area contributed by atoms with Crippen molar-refractivity contribution in [3.8, 4) is 0 Å². The summed E-state index contributed by atoms with van der Waals surface area (Å²) in [6, 6.07) is 0.733. The highest BCUT2D eigenvalue weighted by Crippen LogP contribution is 2.39. The fourth-order valence-corrected chi connectivity index (χ4v) is 3.04. The number of rotatable bonds is 5. The molecule has 3 heteroatoms. The summed E-state index contributed by atoms with van der Waals surface area (Å²) in [5.74, 6) is 0.785. The zero-order valence-electron chi connectivity index (χ0n) is 11.1. The summed E-state index contributed by atoms with van der Waals surface area (Å²) in [6.45, 7) is 5.77. The van der Waals surface area contributed by atoms with Crippen molar-refractivity contribution in [2.24, 2.45) is 11.7 Å². The summed E-state index contributed by atoms with van der Waals surface area (Å²) in [6.07, 6.45) is 5.39. The second kappa shape index (κ2) is 4.63. The molecule has 0 aromatic carbocycles. The third-order valence-corrected chi connectivity index (χ3v) is 4.13. The highest BCUT2D eigenvalue weighted by molar-refractivity contribution is 4.99. The summed E-state index contributed by atoms with van der Waals surface area (Å²) in [4.78, 5) is 4.92. The van der Waals surface area contributed by atoms with Crippen LogP contribution < -0.4 is 5.73 Å². The number of hydrogen-bond acceptors (Lipinski definition) is 3. The maximum Gasteiger partial charge on any atom is 0.0283 e. The minimum absolute atomic E-state index is 0.0505. The molecule has 0 aromatic rings. The predicted molar refractivity (Wildman–Crippen MR) is 68.5 cm³/mol. The van der Waals surface area contributed by atoms with Crippen LogP contribution in [0.25, 0.3) is 0 Å². The fourth-order valence-electron chi connectivity index (χ4n) is 3.04. The molecule has 2 atom stereocenters. The SMILES string of the molecule is CN(C)CC1CCCN1CC(C)(N)C1CC1. The molecular formula is C13H27N3. The van der Waals surface area contributed by atoms with E-state index >= 15 is 0 Å². The van der Waals surface area contributed by atoms with Gasteiger partial charge in [0.25, 0.3) is 0 Å². The Balaban J connectivity index is 1.87. The summed E-state index contributed by atoms with van der Waals surface area (Å²) in [5.41, 5.74) is 6.49. The lowest BCUT2D eigenvalue weighted by Gasteiger charge is -2.34. The van der Waals surface area contributed by atoms with Crippen molar-refractivity contribution in [2.75, 3.05) is 33.7 Å². The Bertz CT molecular complexity index is 233. The van der Waals surface area contributed by atoms with Crippen LogP contribution in [0.1, 0.15) is 32.6 Å². The molecule has 1 saturated carbocycles. The Morgan fingerprint density at radius 3 is 2.56 bits per heavy atom. The Hall–Kier alpha value is -0.120. The van der Waals surface area contributed by atoms with Crippen LogP contribution in [-0.4, -0.2) is 55.1 Å². The topological polar surface area (TPSA) is 32.5 Å². The lowest BCUT2D eigenvalue weighted by atomic mass is 9.96. The van der Waals surface area contributed by atoms with E-state index in [4.69, 9.17) is 5.73 Å². The minimum Gasteiger partial charge on any atom is -0.324 e. The smallest absolute Gasteiger partial charge is 0.0283 e. The van der Waals surface area contributed by atoms with Gasteiger partial charge in [0.15, 0.2) is 0 Å². The maximum atomic E-state index is 6.44. The molecule has 3 nitrogen and oxygen atoms in total. The summed E-state index contributed by atoms with van der Waals surface area (Å²) in [5, 5.41) is 0. The van der Waals surface area contributed by atoms with Crippen LogP contribution in [0.4, 0.5) is 0 Å². The Kier molecular flexibility index (Phi) is 3.57. The molecule has 1 saturated heterocycles. The number of likely N-dealkylation sites (tertiary alicyclic amines) is 1. The van der Waals surface area contributed by atoms with Crippen molar-refractivity contribution in [3.63, 3.8) is 0 Å². The first-order valence-corrected chi connectivity index (χ1v) is 6.67. The quantitative estimate of drug-likeness (QED) is 0.761. The Labute approximate surface area is 100.0 Å². The molecule has 94 valence electrons. The van der Waals surface area contributed by atoms with Gasteiger partial charge in [-0.05, 0) is 59.2 Å². The molecule has 16 heavy (non-hydrogen) atoms. The zero-order chi connectivity index (χ0) is 11.8. The molecule has 2 N–H and O–H groups in total. The fraction of sp³-hybridized carbons (Fsp3) is 1.00. The van der Waals surface area contributed by atoms with E-state index in [0.717, 1.165) is 18.5 Å². The molecule has 1 aliphatic carbocycles. The summed E-state index contributed by atoms with van der Waals surface area (Å²) >= 11 is 0. The van der Waals surface area contributed by atoms with Crippen molar-refractivity contribution in [2.45, 2.75) is 44.2 Å².